The molecule has 0 radical (unpaired) electrons. The first kappa shape index (κ1) is 13.1. The second-order valence-electron chi connectivity index (χ2n) is 5.40. The van der Waals surface area contributed by atoms with Crippen LogP contribution in [-0.4, -0.2) is 11.0 Å². The molecule has 2 atom stereocenters. The molecule has 0 saturated heterocycles. The van der Waals surface area contributed by atoms with E-state index in [1.807, 2.05) is 32.9 Å². The van der Waals surface area contributed by atoms with Crippen LogP contribution in [0.15, 0.2) is 12.1 Å². The van der Waals surface area contributed by atoms with Gasteiger partial charge < -0.3 is 10.4 Å². The number of nitrogens with one attached hydrogen (secondary N) is 1. The number of amides is 1. The van der Waals surface area contributed by atoms with Crippen molar-refractivity contribution in [1.29, 1.82) is 0 Å². The second-order valence-corrected chi connectivity index (χ2v) is 5.40. The predicted molar refractivity (Wildman–Crippen MR) is 72.7 cm³/mol. The molecule has 3 heteroatoms. The number of aryl methyl sites for hydroxylation is 1. The van der Waals surface area contributed by atoms with E-state index in [-0.39, 0.29) is 17.7 Å². The van der Waals surface area contributed by atoms with Gasteiger partial charge in [-0.25, -0.2) is 0 Å². The molecule has 1 amide bonds. The van der Waals surface area contributed by atoms with Gasteiger partial charge in [-0.15, -0.1) is 0 Å². The van der Waals surface area contributed by atoms with Gasteiger partial charge in [-0.3, -0.25) is 4.79 Å². The monoisotopic (exact) mass is 247 g/mol. The van der Waals surface area contributed by atoms with Gasteiger partial charge in [-0.2, -0.15) is 0 Å². The van der Waals surface area contributed by atoms with Gasteiger partial charge in [0, 0.05) is 5.69 Å². The molecule has 0 fully saturated rings. The third-order valence-corrected chi connectivity index (χ3v) is 3.73. The summed E-state index contributed by atoms with van der Waals surface area (Å²) in [5, 5.41) is 13.1. The second kappa shape index (κ2) is 4.73. The molecule has 1 heterocycles. The molecule has 1 aromatic carbocycles. The number of hydrogen-bond acceptors (Lipinski definition) is 2. The zero-order chi connectivity index (χ0) is 13.4. The Labute approximate surface area is 108 Å². The van der Waals surface area contributed by atoms with Crippen LogP contribution in [0.5, 0.6) is 0 Å². The van der Waals surface area contributed by atoms with Crippen LogP contribution < -0.4 is 5.32 Å². The quantitative estimate of drug-likeness (QED) is 0.862. The van der Waals surface area contributed by atoms with E-state index >= 15 is 0 Å². The summed E-state index contributed by atoms with van der Waals surface area (Å²) >= 11 is 0. The number of benzene rings is 1. The van der Waals surface area contributed by atoms with Crippen molar-refractivity contribution in [3.05, 3.63) is 28.8 Å². The van der Waals surface area contributed by atoms with E-state index < -0.39 is 6.10 Å². The molecule has 2 rings (SSSR count). The van der Waals surface area contributed by atoms with Gasteiger partial charge in [-0.1, -0.05) is 32.9 Å². The van der Waals surface area contributed by atoms with Crippen molar-refractivity contribution >= 4 is 11.6 Å². The largest absolute Gasteiger partial charge is 0.388 e. The molecule has 2 unspecified atom stereocenters. The van der Waals surface area contributed by atoms with E-state index in [1.54, 1.807) is 0 Å². The van der Waals surface area contributed by atoms with Crippen LogP contribution in [0.4, 0.5) is 5.69 Å². The fraction of sp³-hybridized carbons (Fsp3) is 0.533. The van der Waals surface area contributed by atoms with Gasteiger partial charge in [0.1, 0.15) is 0 Å². The van der Waals surface area contributed by atoms with Crippen molar-refractivity contribution in [2.24, 2.45) is 5.92 Å². The molecular formula is C15H21NO2. The van der Waals surface area contributed by atoms with Crippen LogP contribution >= 0.6 is 0 Å². The van der Waals surface area contributed by atoms with Crippen molar-refractivity contribution in [2.45, 2.75) is 46.1 Å². The minimum Gasteiger partial charge on any atom is -0.388 e. The lowest BCUT2D eigenvalue weighted by Gasteiger charge is -2.18. The van der Waals surface area contributed by atoms with E-state index in [0.29, 0.717) is 0 Å². The SMILES string of the molecule is CCc1cc(C(O)C(C)C)cc2c1NC(=O)C2C. The molecular weight excluding hydrogens is 226 g/mol. The van der Waals surface area contributed by atoms with Crippen LogP contribution in [0.3, 0.4) is 0 Å². The summed E-state index contributed by atoms with van der Waals surface area (Å²) < 4.78 is 0. The topological polar surface area (TPSA) is 49.3 Å². The fourth-order valence-corrected chi connectivity index (χ4v) is 2.45. The summed E-state index contributed by atoms with van der Waals surface area (Å²) in [6.07, 6.45) is 0.386. The minimum atomic E-state index is -0.469. The molecule has 1 aliphatic rings. The molecule has 0 aromatic heterocycles. The molecule has 0 bridgehead atoms. The Morgan fingerprint density at radius 3 is 2.61 bits per heavy atom. The average Bonchev–Trinajstić information content (AvgIpc) is 2.63. The van der Waals surface area contributed by atoms with Gasteiger partial charge in [0.2, 0.25) is 5.91 Å². The lowest BCUT2D eigenvalue weighted by Crippen LogP contribution is -2.08. The predicted octanol–water partition coefficient (Wildman–Crippen LogP) is 2.99. The Balaban J connectivity index is 2.52. The first-order chi connectivity index (χ1) is 8.45. The maximum atomic E-state index is 11.7. The Morgan fingerprint density at radius 1 is 1.39 bits per heavy atom. The van der Waals surface area contributed by atoms with Crippen LogP contribution in [0.2, 0.25) is 0 Å². The Bertz CT molecular complexity index is 480. The van der Waals surface area contributed by atoms with E-state index in [1.165, 1.54) is 0 Å². The number of fused-ring (bicyclic) bond motifs is 1. The first-order valence-electron chi connectivity index (χ1n) is 6.61. The summed E-state index contributed by atoms with van der Waals surface area (Å²) in [5.74, 6) is 0.105. The Hall–Kier alpha value is -1.35. The standard InChI is InChI=1S/C15H21NO2/c1-5-10-6-11(14(17)8(2)3)7-12-9(4)15(18)16-13(10)12/h6-9,14,17H,5H2,1-4H3,(H,16,18). The molecule has 0 saturated carbocycles. The fourth-order valence-electron chi connectivity index (χ4n) is 2.45. The third-order valence-electron chi connectivity index (χ3n) is 3.73. The van der Waals surface area contributed by atoms with Crippen LogP contribution in [0, 0.1) is 5.92 Å². The van der Waals surface area contributed by atoms with E-state index in [4.69, 9.17) is 0 Å². The lowest BCUT2D eigenvalue weighted by atomic mass is 9.91. The first-order valence-corrected chi connectivity index (χ1v) is 6.61. The van der Waals surface area contributed by atoms with Gasteiger partial charge in [-0.05, 0) is 36.0 Å². The van der Waals surface area contributed by atoms with Crippen LogP contribution in [0.25, 0.3) is 0 Å². The summed E-state index contributed by atoms with van der Waals surface area (Å²) in [6.45, 7) is 7.97. The number of aliphatic hydroxyl groups excluding tert-OH is 1. The molecule has 0 aliphatic carbocycles. The highest BCUT2D eigenvalue weighted by Gasteiger charge is 2.29. The zero-order valence-corrected chi connectivity index (χ0v) is 11.4. The maximum absolute atomic E-state index is 11.7. The highest BCUT2D eigenvalue weighted by atomic mass is 16.3. The summed E-state index contributed by atoms with van der Waals surface area (Å²) in [4.78, 5) is 11.7. The number of anilines is 1. The Morgan fingerprint density at radius 2 is 2.06 bits per heavy atom. The normalized spacial score (nSPS) is 19.9. The maximum Gasteiger partial charge on any atom is 0.231 e. The van der Waals surface area contributed by atoms with Crippen LogP contribution in [0.1, 0.15) is 56.4 Å². The van der Waals surface area contributed by atoms with E-state index in [2.05, 4.69) is 12.2 Å². The zero-order valence-electron chi connectivity index (χ0n) is 11.4. The van der Waals surface area contributed by atoms with Crippen LogP contribution in [-0.2, 0) is 11.2 Å². The van der Waals surface area contributed by atoms with E-state index in [0.717, 1.165) is 28.8 Å². The highest BCUT2D eigenvalue weighted by Crippen LogP contribution is 2.38. The van der Waals surface area contributed by atoms with Gasteiger partial charge in [0.05, 0.1) is 12.0 Å². The summed E-state index contributed by atoms with van der Waals surface area (Å²) in [6, 6.07) is 3.99. The Kier molecular flexibility index (Phi) is 3.44. The number of carbonyl (C=O) groups is 1. The molecule has 0 spiro atoms. The van der Waals surface area contributed by atoms with Crippen molar-refractivity contribution in [3.63, 3.8) is 0 Å². The number of carbonyl (C=O) groups excluding carboxylic acids is 1. The highest BCUT2D eigenvalue weighted by molar-refractivity contribution is 6.03. The average molecular weight is 247 g/mol. The molecule has 98 valence electrons. The number of aliphatic hydroxyl groups is 1. The van der Waals surface area contributed by atoms with Crippen molar-refractivity contribution in [2.75, 3.05) is 5.32 Å². The molecule has 1 aliphatic heterocycles. The van der Waals surface area contributed by atoms with Gasteiger partial charge in [0.15, 0.2) is 0 Å². The van der Waals surface area contributed by atoms with Crippen molar-refractivity contribution < 1.29 is 9.90 Å². The smallest absolute Gasteiger partial charge is 0.231 e. The van der Waals surface area contributed by atoms with Crippen molar-refractivity contribution in [1.82, 2.24) is 0 Å². The molecule has 2 N–H and O–H groups in total. The van der Waals surface area contributed by atoms with Gasteiger partial charge in [0.25, 0.3) is 0 Å². The van der Waals surface area contributed by atoms with E-state index in [9.17, 15) is 9.90 Å². The molecule has 3 nitrogen and oxygen atoms in total. The molecule has 18 heavy (non-hydrogen) atoms. The molecule has 1 aromatic rings. The third kappa shape index (κ3) is 2.03. The minimum absolute atomic E-state index is 0.0517. The van der Waals surface area contributed by atoms with Crippen molar-refractivity contribution in [3.8, 4) is 0 Å². The van der Waals surface area contributed by atoms with Gasteiger partial charge >= 0.3 is 0 Å². The summed E-state index contributed by atoms with van der Waals surface area (Å²) in [5.41, 5.74) is 4.01. The summed E-state index contributed by atoms with van der Waals surface area (Å²) in [7, 11) is 0. The lowest BCUT2D eigenvalue weighted by molar-refractivity contribution is -0.116. The number of hydrogen-bond donors (Lipinski definition) is 2. The number of rotatable bonds is 3.